The van der Waals surface area contributed by atoms with Gasteiger partial charge in [-0.3, -0.25) is 9.59 Å². The zero-order chi connectivity index (χ0) is 20.3. The highest BCUT2D eigenvalue weighted by molar-refractivity contribution is 7.99. The van der Waals surface area contributed by atoms with Crippen molar-refractivity contribution in [2.75, 3.05) is 31.9 Å². The molecular weight excluding hydrogens is 410 g/mol. The number of rotatable bonds is 7. The minimum atomic E-state index is -3.88. The minimum Gasteiger partial charge on any atom is -0.438 e. The van der Waals surface area contributed by atoms with Crippen LogP contribution in [-0.4, -0.2) is 81.6 Å². The van der Waals surface area contributed by atoms with Crippen molar-refractivity contribution in [3.63, 3.8) is 0 Å². The van der Waals surface area contributed by atoms with Gasteiger partial charge in [0.2, 0.25) is 16.2 Å². The Labute approximate surface area is 165 Å². The molecule has 2 aromatic rings. The fourth-order valence-electron chi connectivity index (χ4n) is 2.63. The SMILES string of the molecule is Cn1nnnc1SCCC(=O)N1CCN(S(=O)(=O)c2ccc(C(N)=O)o2)CC1. The molecule has 14 heteroatoms. The van der Waals surface area contributed by atoms with Crippen LogP contribution in [0.2, 0.25) is 0 Å². The van der Waals surface area contributed by atoms with Crippen molar-refractivity contribution in [1.82, 2.24) is 29.4 Å². The summed E-state index contributed by atoms with van der Waals surface area (Å²) in [5.74, 6) is -0.600. The van der Waals surface area contributed by atoms with E-state index in [1.54, 1.807) is 11.9 Å². The Morgan fingerprint density at radius 2 is 1.96 bits per heavy atom. The number of aromatic nitrogens is 4. The molecule has 3 rings (SSSR count). The van der Waals surface area contributed by atoms with Crippen LogP contribution in [0, 0.1) is 0 Å². The van der Waals surface area contributed by atoms with Gasteiger partial charge in [0.1, 0.15) is 0 Å². The number of amides is 2. The lowest BCUT2D eigenvalue weighted by Gasteiger charge is -2.33. The smallest absolute Gasteiger partial charge is 0.284 e. The summed E-state index contributed by atoms with van der Waals surface area (Å²) in [5, 5.41) is 11.4. The number of carbonyl (C=O) groups is 2. The molecular formula is C14H19N7O5S2. The zero-order valence-electron chi connectivity index (χ0n) is 15.0. The molecule has 1 aliphatic rings. The molecule has 0 spiro atoms. The number of furan rings is 1. The van der Waals surface area contributed by atoms with Gasteiger partial charge in [-0.2, -0.15) is 4.31 Å². The first-order valence-corrected chi connectivity index (χ1v) is 10.7. The van der Waals surface area contributed by atoms with Gasteiger partial charge in [-0.15, -0.1) is 5.10 Å². The molecule has 2 N–H and O–H groups in total. The highest BCUT2D eigenvalue weighted by atomic mass is 32.2. The van der Waals surface area contributed by atoms with Crippen molar-refractivity contribution in [1.29, 1.82) is 0 Å². The Balaban J connectivity index is 1.51. The summed E-state index contributed by atoms with van der Waals surface area (Å²) in [6.45, 7) is 0.831. The van der Waals surface area contributed by atoms with Gasteiger partial charge in [-0.05, 0) is 22.6 Å². The largest absolute Gasteiger partial charge is 0.438 e. The highest BCUT2D eigenvalue weighted by Gasteiger charge is 2.32. The van der Waals surface area contributed by atoms with E-state index in [-0.39, 0.29) is 42.9 Å². The summed E-state index contributed by atoms with van der Waals surface area (Å²) in [6.07, 6.45) is 0.296. The van der Waals surface area contributed by atoms with Gasteiger partial charge < -0.3 is 15.1 Å². The van der Waals surface area contributed by atoms with Gasteiger partial charge in [0, 0.05) is 45.4 Å². The third-order valence-corrected chi connectivity index (χ3v) is 6.92. The Morgan fingerprint density at radius 3 is 2.54 bits per heavy atom. The molecule has 0 atom stereocenters. The van der Waals surface area contributed by atoms with Gasteiger partial charge >= 0.3 is 0 Å². The molecule has 1 fully saturated rings. The van der Waals surface area contributed by atoms with E-state index in [0.717, 1.165) is 0 Å². The van der Waals surface area contributed by atoms with E-state index >= 15 is 0 Å². The van der Waals surface area contributed by atoms with Crippen molar-refractivity contribution in [3.8, 4) is 0 Å². The van der Waals surface area contributed by atoms with E-state index in [2.05, 4.69) is 15.5 Å². The van der Waals surface area contributed by atoms with Crippen LogP contribution in [0.15, 0.2) is 26.8 Å². The first-order chi connectivity index (χ1) is 13.3. The number of nitrogens with zero attached hydrogens (tertiary/aromatic N) is 6. The van der Waals surface area contributed by atoms with E-state index in [9.17, 15) is 18.0 Å². The van der Waals surface area contributed by atoms with Crippen molar-refractivity contribution >= 4 is 33.6 Å². The van der Waals surface area contributed by atoms with Gasteiger partial charge in [-0.25, -0.2) is 13.1 Å². The molecule has 2 aromatic heterocycles. The number of thioether (sulfide) groups is 1. The molecule has 0 bridgehead atoms. The van der Waals surface area contributed by atoms with Crippen LogP contribution >= 0.6 is 11.8 Å². The molecule has 0 saturated carbocycles. The lowest BCUT2D eigenvalue weighted by atomic mass is 10.3. The lowest BCUT2D eigenvalue weighted by Crippen LogP contribution is -2.50. The van der Waals surface area contributed by atoms with E-state index in [1.165, 1.54) is 32.9 Å². The monoisotopic (exact) mass is 429 g/mol. The fourth-order valence-corrected chi connectivity index (χ4v) is 4.74. The van der Waals surface area contributed by atoms with E-state index in [0.29, 0.717) is 17.3 Å². The third kappa shape index (κ3) is 4.34. The van der Waals surface area contributed by atoms with E-state index in [1.807, 2.05) is 0 Å². The highest BCUT2D eigenvalue weighted by Crippen LogP contribution is 2.21. The summed E-state index contributed by atoms with van der Waals surface area (Å²) >= 11 is 1.38. The van der Waals surface area contributed by atoms with Crippen LogP contribution < -0.4 is 5.73 Å². The van der Waals surface area contributed by atoms with Crippen LogP contribution in [0.1, 0.15) is 17.0 Å². The van der Waals surface area contributed by atoms with Crippen LogP contribution in [0.3, 0.4) is 0 Å². The summed E-state index contributed by atoms with van der Waals surface area (Å²) in [4.78, 5) is 25.0. The van der Waals surface area contributed by atoms with Gasteiger partial charge in [0.15, 0.2) is 5.76 Å². The number of sulfonamides is 1. The molecule has 1 aliphatic heterocycles. The number of hydrogen-bond acceptors (Lipinski definition) is 9. The summed E-state index contributed by atoms with van der Waals surface area (Å²) in [7, 11) is -2.17. The summed E-state index contributed by atoms with van der Waals surface area (Å²) in [6, 6.07) is 2.42. The second kappa shape index (κ2) is 8.28. The standard InChI is InChI=1S/C14H19N7O5S2/c1-19-14(16-17-18-19)27-9-4-11(22)20-5-7-21(8-6-20)28(24,25)12-3-2-10(26-12)13(15)23/h2-3H,4-9H2,1H3,(H2,15,23). The van der Waals surface area contributed by atoms with Crippen molar-refractivity contribution in [2.24, 2.45) is 12.8 Å². The molecule has 152 valence electrons. The first kappa shape index (κ1) is 20.3. The second-order valence-corrected chi connectivity index (χ2v) is 8.88. The number of primary amides is 1. The molecule has 28 heavy (non-hydrogen) atoms. The van der Waals surface area contributed by atoms with Crippen LogP contribution in [-0.2, 0) is 21.9 Å². The maximum Gasteiger partial charge on any atom is 0.284 e. The topological polar surface area (TPSA) is 158 Å². The van der Waals surface area contributed by atoms with Crippen LogP contribution in [0.25, 0.3) is 0 Å². The number of nitrogens with two attached hydrogens (primary N) is 1. The minimum absolute atomic E-state index is 0.0614. The first-order valence-electron chi connectivity index (χ1n) is 8.32. The number of aryl methyl sites for hydroxylation is 1. The molecule has 0 unspecified atom stereocenters. The molecule has 2 amide bonds. The van der Waals surface area contributed by atoms with Gasteiger partial charge in [0.05, 0.1) is 0 Å². The van der Waals surface area contributed by atoms with Crippen molar-refractivity contribution in [3.05, 3.63) is 17.9 Å². The van der Waals surface area contributed by atoms with Crippen LogP contribution in [0.4, 0.5) is 0 Å². The molecule has 1 saturated heterocycles. The Kier molecular flexibility index (Phi) is 6.00. The number of hydrogen-bond donors (Lipinski definition) is 1. The van der Waals surface area contributed by atoms with Crippen molar-refractivity contribution < 1.29 is 22.4 Å². The molecule has 0 aliphatic carbocycles. The lowest BCUT2D eigenvalue weighted by molar-refractivity contribution is -0.131. The van der Waals surface area contributed by atoms with E-state index < -0.39 is 15.9 Å². The Morgan fingerprint density at radius 1 is 1.25 bits per heavy atom. The Hall–Kier alpha value is -2.45. The molecule has 0 radical (unpaired) electrons. The summed E-state index contributed by atoms with van der Waals surface area (Å²) < 4.78 is 33.0. The number of tetrazole rings is 1. The quantitative estimate of drug-likeness (QED) is 0.540. The fraction of sp³-hybridized carbons (Fsp3) is 0.500. The molecule has 12 nitrogen and oxygen atoms in total. The number of carbonyl (C=O) groups excluding carboxylic acids is 2. The molecule has 3 heterocycles. The summed E-state index contributed by atoms with van der Waals surface area (Å²) in [5.41, 5.74) is 5.08. The van der Waals surface area contributed by atoms with Gasteiger partial charge in [0.25, 0.3) is 15.9 Å². The predicted molar refractivity (Wildman–Crippen MR) is 96.7 cm³/mol. The number of piperazine rings is 1. The van der Waals surface area contributed by atoms with Gasteiger partial charge in [-0.1, -0.05) is 11.8 Å². The second-order valence-electron chi connectivity index (χ2n) is 5.95. The third-order valence-electron chi connectivity index (χ3n) is 4.14. The zero-order valence-corrected chi connectivity index (χ0v) is 16.6. The maximum absolute atomic E-state index is 12.6. The van der Waals surface area contributed by atoms with E-state index in [4.69, 9.17) is 10.2 Å². The normalized spacial score (nSPS) is 15.7. The Bertz CT molecular complexity index is 962. The maximum atomic E-state index is 12.6. The average molecular weight is 429 g/mol. The average Bonchev–Trinajstić information content (AvgIpc) is 3.32. The van der Waals surface area contributed by atoms with Crippen molar-refractivity contribution in [2.45, 2.75) is 16.7 Å². The predicted octanol–water partition coefficient (Wildman–Crippen LogP) is -1.08. The van der Waals surface area contributed by atoms with Crippen LogP contribution in [0.5, 0.6) is 0 Å². The molecule has 0 aromatic carbocycles.